The molecular weight excluding hydrogens is 703 g/mol. The fraction of sp³-hybridized carbons (Fsp3) is 0. The van der Waals surface area contributed by atoms with E-state index in [1.807, 2.05) is 22.7 Å². The molecule has 2 heterocycles. The predicted molar refractivity (Wildman–Crippen MR) is 241 cm³/mol. The Labute approximate surface area is 327 Å². The molecule has 0 aliphatic heterocycles. The molecule has 0 saturated heterocycles. The standard InChI is InChI=1S/C52H33NS2/c1-2-12-36-31-38(22-21-34(36)11-1)41-13-3-7-17-47(41)53(40-27-23-35(24-28-40)37-25-29-45-43-15-5-9-19-49(43)55-52(45)33-37)48-18-8-4-14-42(48)39-26-30-51-46(32-39)44-16-6-10-20-50(44)54-51/h1-33H. The Hall–Kier alpha value is -6.52. The van der Waals surface area contributed by atoms with Gasteiger partial charge in [-0.3, -0.25) is 0 Å². The number of anilines is 3. The van der Waals surface area contributed by atoms with Crippen molar-refractivity contribution in [2.24, 2.45) is 0 Å². The maximum Gasteiger partial charge on any atom is 0.0540 e. The smallest absolute Gasteiger partial charge is 0.0540 e. The van der Waals surface area contributed by atoms with E-state index in [0.29, 0.717) is 0 Å². The third kappa shape index (κ3) is 5.51. The summed E-state index contributed by atoms with van der Waals surface area (Å²) in [5, 5.41) is 7.74. The van der Waals surface area contributed by atoms with Crippen LogP contribution in [0.1, 0.15) is 0 Å². The third-order valence-corrected chi connectivity index (χ3v) is 13.2. The van der Waals surface area contributed by atoms with Crippen molar-refractivity contribution in [3.63, 3.8) is 0 Å². The summed E-state index contributed by atoms with van der Waals surface area (Å²) in [6.07, 6.45) is 0. The molecule has 0 amide bonds. The summed E-state index contributed by atoms with van der Waals surface area (Å²) in [6.45, 7) is 0. The molecule has 11 aromatic rings. The first-order valence-corrected chi connectivity index (χ1v) is 20.3. The first-order chi connectivity index (χ1) is 27.2. The predicted octanol–water partition coefficient (Wildman–Crippen LogP) is 16.0. The van der Waals surface area contributed by atoms with Crippen molar-refractivity contribution >= 4 is 90.9 Å². The van der Waals surface area contributed by atoms with Gasteiger partial charge in [0.1, 0.15) is 0 Å². The summed E-state index contributed by atoms with van der Waals surface area (Å²) in [5.41, 5.74) is 10.6. The van der Waals surface area contributed by atoms with Gasteiger partial charge in [-0.05, 0) is 93.7 Å². The van der Waals surface area contributed by atoms with E-state index in [0.717, 1.165) is 17.1 Å². The molecule has 55 heavy (non-hydrogen) atoms. The lowest BCUT2D eigenvalue weighted by Crippen LogP contribution is -2.12. The summed E-state index contributed by atoms with van der Waals surface area (Å²) in [6, 6.07) is 73.6. The molecule has 0 fully saturated rings. The van der Waals surface area contributed by atoms with E-state index in [-0.39, 0.29) is 0 Å². The number of para-hydroxylation sites is 2. The van der Waals surface area contributed by atoms with Gasteiger partial charge in [-0.25, -0.2) is 0 Å². The molecule has 0 saturated carbocycles. The molecule has 2 aromatic heterocycles. The average molecular weight is 736 g/mol. The van der Waals surface area contributed by atoms with Crippen molar-refractivity contribution in [3.05, 3.63) is 200 Å². The Morgan fingerprint density at radius 2 is 0.800 bits per heavy atom. The van der Waals surface area contributed by atoms with Crippen molar-refractivity contribution in [3.8, 4) is 33.4 Å². The van der Waals surface area contributed by atoms with Gasteiger partial charge in [0.2, 0.25) is 0 Å². The molecule has 258 valence electrons. The summed E-state index contributed by atoms with van der Waals surface area (Å²) >= 11 is 3.73. The van der Waals surface area contributed by atoms with Gasteiger partial charge in [0.25, 0.3) is 0 Å². The Morgan fingerprint density at radius 3 is 1.55 bits per heavy atom. The first-order valence-electron chi connectivity index (χ1n) is 18.7. The number of hydrogen-bond donors (Lipinski definition) is 0. The summed E-state index contributed by atoms with van der Waals surface area (Å²) in [5.74, 6) is 0. The molecular formula is C52H33NS2. The summed E-state index contributed by atoms with van der Waals surface area (Å²) in [4.78, 5) is 2.45. The Balaban J connectivity index is 1.08. The minimum absolute atomic E-state index is 1.11. The molecule has 0 aliphatic carbocycles. The second kappa shape index (κ2) is 13.1. The first kappa shape index (κ1) is 32.0. The van der Waals surface area contributed by atoms with Crippen LogP contribution in [-0.4, -0.2) is 0 Å². The fourth-order valence-corrected chi connectivity index (χ4v) is 10.4. The fourth-order valence-electron chi connectivity index (χ4n) is 8.19. The van der Waals surface area contributed by atoms with E-state index in [4.69, 9.17) is 0 Å². The molecule has 0 bridgehead atoms. The Bertz CT molecular complexity index is 3220. The van der Waals surface area contributed by atoms with Crippen LogP contribution in [0, 0.1) is 0 Å². The van der Waals surface area contributed by atoms with E-state index < -0.39 is 0 Å². The van der Waals surface area contributed by atoms with Gasteiger partial charge in [0.15, 0.2) is 0 Å². The molecule has 0 atom stereocenters. The van der Waals surface area contributed by atoms with Gasteiger partial charge in [-0.2, -0.15) is 0 Å². The molecule has 3 heteroatoms. The second-order valence-electron chi connectivity index (χ2n) is 14.1. The highest BCUT2D eigenvalue weighted by molar-refractivity contribution is 7.26. The number of rotatable bonds is 6. The van der Waals surface area contributed by atoms with E-state index >= 15 is 0 Å². The van der Waals surface area contributed by atoms with Gasteiger partial charge < -0.3 is 4.90 Å². The van der Waals surface area contributed by atoms with Crippen LogP contribution >= 0.6 is 22.7 Å². The highest BCUT2D eigenvalue weighted by atomic mass is 32.1. The van der Waals surface area contributed by atoms with Crippen molar-refractivity contribution in [2.75, 3.05) is 4.90 Å². The van der Waals surface area contributed by atoms with Crippen molar-refractivity contribution < 1.29 is 0 Å². The second-order valence-corrected chi connectivity index (χ2v) is 16.3. The van der Waals surface area contributed by atoms with Gasteiger partial charge in [-0.15, -0.1) is 22.7 Å². The van der Waals surface area contributed by atoms with E-state index in [9.17, 15) is 0 Å². The van der Waals surface area contributed by atoms with E-state index in [1.165, 1.54) is 84.5 Å². The van der Waals surface area contributed by atoms with Gasteiger partial charge in [-0.1, -0.05) is 140 Å². The summed E-state index contributed by atoms with van der Waals surface area (Å²) < 4.78 is 5.28. The molecule has 0 spiro atoms. The topological polar surface area (TPSA) is 3.24 Å². The Kier molecular flexibility index (Phi) is 7.61. The molecule has 0 N–H and O–H groups in total. The highest BCUT2D eigenvalue weighted by Crippen LogP contribution is 2.46. The van der Waals surface area contributed by atoms with Crippen LogP contribution in [0.5, 0.6) is 0 Å². The van der Waals surface area contributed by atoms with Crippen LogP contribution in [0.2, 0.25) is 0 Å². The minimum Gasteiger partial charge on any atom is -0.309 e. The van der Waals surface area contributed by atoms with Crippen molar-refractivity contribution in [2.45, 2.75) is 0 Å². The zero-order valence-electron chi connectivity index (χ0n) is 29.8. The van der Waals surface area contributed by atoms with Gasteiger partial charge in [0, 0.05) is 57.2 Å². The summed E-state index contributed by atoms with van der Waals surface area (Å²) in [7, 11) is 0. The lowest BCUT2D eigenvalue weighted by atomic mass is 9.96. The SMILES string of the molecule is c1ccc(N(c2ccc(-c3ccc4c(c3)sc3ccccc34)cc2)c2ccccc2-c2ccc3sc4ccccc4c3c2)c(-c2ccc3ccccc3c2)c1. The quantitative estimate of drug-likeness (QED) is 0.164. The third-order valence-electron chi connectivity index (χ3n) is 10.9. The Morgan fingerprint density at radius 1 is 0.291 bits per heavy atom. The number of fused-ring (bicyclic) bond motifs is 7. The monoisotopic (exact) mass is 735 g/mol. The molecule has 0 unspecified atom stereocenters. The van der Waals surface area contributed by atoms with Crippen LogP contribution in [0.3, 0.4) is 0 Å². The molecule has 11 rings (SSSR count). The largest absolute Gasteiger partial charge is 0.309 e. The van der Waals surface area contributed by atoms with Gasteiger partial charge in [0.05, 0.1) is 11.4 Å². The molecule has 0 radical (unpaired) electrons. The zero-order valence-corrected chi connectivity index (χ0v) is 31.4. The molecule has 9 aromatic carbocycles. The lowest BCUT2D eigenvalue weighted by Gasteiger charge is -2.30. The molecule has 0 aliphatic rings. The van der Waals surface area contributed by atoms with Crippen LogP contribution in [0.4, 0.5) is 17.1 Å². The highest BCUT2D eigenvalue weighted by Gasteiger charge is 2.21. The van der Waals surface area contributed by atoms with E-state index in [2.05, 4.69) is 205 Å². The average Bonchev–Trinajstić information content (AvgIpc) is 3.82. The van der Waals surface area contributed by atoms with Crippen LogP contribution in [-0.2, 0) is 0 Å². The van der Waals surface area contributed by atoms with Crippen LogP contribution in [0.25, 0.3) is 84.5 Å². The van der Waals surface area contributed by atoms with Crippen molar-refractivity contribution in [1.29, 1.82) is 0 Å². The number of nitrogens with zero attached hydrogens (tertiary/aromatic N) is 1. The normalized spacial score (nSPS) is 11.6. The van der Waals surface area contributed by atoms with Crippen LogP contribution < -0.4 is 4.90 Å². The van der Waals surface area contributed by atoms with E-state index in [1.54, 1.807) is 0 Å². The maximum absolute atomic E-state index is 2.45. The maximum atomic E-state index is 2.45. The minimum atomic E-state index is 1.11. The van der Waals surface area contributed by atoms with Gasteiger partial charge >= 0.3 is 0 Å². The van der Waals surface area contributed by atoms with Crippen LogP contribution in [0.15, 0.2) is 200 Å². The number of benzene rings is 9. The number of hydrogen-bond acceptors (Lipinski definition) is 3. The molecule has 1 nitrogen and oxygen atoms in total. The lowest BCUT2D eigenvalue weighted by molar-refractivity contribution is 1.28. The number of thiophene rings is 2. The van der Waals surface area contributed by atoms with Crippen molar-refractivity contribution in [1.82, 2.24) is 0 Å². The zero-order chi connectivity index (χ0) is 36.3.